The van der Waals surface area contributed by atoms with Crippen molar-refractivity contribution in [1.82, 2.24) is 9.55 Å². The molecule has 1 aromatic rings. The molecule has 0 radical (unpaired) electrons. The average Bonchev–Trinajstić information content (AvgIpc) is 2.65. The van der Waals surface area contributed by atoms with Crippen LogP contribution < -0.4 is 5.73 Å². The van der Waals surface area contributed by atoms with Crippen LogP contribution in [-0.4, -0.2) is 22.1 Å². The van der Waals surface area contributed by atoms with Crippen LogP contribution in [-0.2, 0) is 9.53 Å². The molecule has 5 nitrogen and oxygen atoms in total. The minimum Gasteiger partial charge on any atom is -0.466 e. The Morgan fingerprint density at radius 3 is 2.88 bits per heavy atom. The molecule has 1 rings (SSSR count). The van der Waals surface area contributed by atoms with Gasteiger partial charge in [-0.1, -0.05) is 0 Å². The number of rotatable bonds is 5. The molecule has 0 bridgehead atoms. The van der Waals surface area contributed by atoms with Crippen molar-refractivity contribution in [3.8, 4) is 0 Å². The van der Waals surface area contributed by atoms with Crippen molar-refractivity contribution in [3.63, 3.8) is 0 Å². The summed E-state index contributed by atoms with van der Waals surface area (Å²) in [4.78, 5) is 15.3. The predicted octanol–water partition coefficient (Wildman–Crippen LogP) is 1.42. The zero-order valence-electron chi connectivity index (χ0n) is 10.0. The highest BCUT2D eigenvalue weighted by Gasteiger charge is 2.17. The van der Waals surface area contributed by atoms with Crippen molar-refractivity contribution >= 4 is 5.97 Å². The van der Waals surface area contributed by atoms with Gasteiger partial charge in [0.05, 0.1) is 31.1 Å². The number of nitrogens with two attached hydrogens (primary N) is 1. The molecule has 0 saturated heterocycles. The Morgan fingerprint density at radius 2 is 2.31 bits per heavy atom. The van der Waals surface area contributed by atoms with Crippen LogP contribution in [0, 0.1) is 0 Å². The topological polar surface area (TPSA) is 70.1 Å². The lowest BCUT2D eigenvalue weighted by atomic mass is 10.1. The third-order valence-corrected chi connectivity index (χ3v) is 2.32. The number of carbonyl (C=O) groups is 1. The van der Waals surface area contributed by atoms with Gasteiger partial charge in [0, 0.05) is 12.2 Å². The third kappa shape index (κ3) is 3.06. The summed E-state index contributed by atoms with van der Waals surface area (Å²) in [7, 11) is 0. The van der Waals surface area contributed by atoms with Crippen molar-refractivity contribution < 1.29 is 9.53 Å². The summed E-state index contributed by atoms with van der Waals surface area (Å²) in [5.41, 5.74) is 6.81. The molecule has 0 aliphatic carbocycles. The Hall–Kier alpha value is -1.36. The highest BCUT2D eigenvalue weighted by Crippen LogP contribution is 2.18. The van der Waals surface area contributed by atoms with Gasteiger partial charge in [0.25, 0.3) is 0 Å². The van der Waals surface area contributed by atoms with E-state index in [1.165, 1.54) is 0 Å². The average molecular weight is 225 g/mol. The van der Waals surface area contributed by atoms with Gasteiger partial charge in [0.15, 0.2) is 0 Å². The number of esters is 1. The van der Waals surface area contributed by atoms with Gasteiger partial charge >= 0.3 is 5.97 Å². The standard InChI is InChI=1S/C11H19N3O2/c1-4-16-11(15)5-9(12)10-6-13-7-14(10)8(2)3/h6-9H,4-5,12H2,1-3H3. The number of carbonyl (C=O) groups excluding carboxylic acids is 1. The van der Waals surface area contributed by atoms with Crippen molar-refractivity contribution in [2.75, 3.05) is 6.61 Å². The van der Waals surface area contributed by atoms with Gasteiger partial charge in [-0.2, -0.15) is 0 Å². The van der Waals surface area contributed by atoms with Crippen LogP contribution in [0.15, 0.2) is 12.5 Å². The van der Waals surface area contributed by atoms with E-state index < -0.39 is 0 Å². The van der Waals surface area contributed by atoms with Crippen LogP contribution in [0.5, 0.6) is 0 Å². The van der Waals surface area contributed by atoms with E-state index in [0.717, 1.165) is 5.69 Å². The number of hydrogen-bond donors (Lipinski definition) is 1. The largest absolute Gasteiger partial charge is 0.466 e. The lowest BCUT2D eigenvalue weighted by Gasteiger charge is -2.16. The highest BCUT2D eigenvalue weighted by molar-refractivity contribution is 5.70. The van der Waals surface area contributed by atoms with Crippen LogP contribution in [0.2, 0.25) is 0 Å². The van der Waals surface area contributed by atoms with Gasteiger partial charge in [-0.15, -0.1) is 0 Å². The molecule has 0 aliphatic rings. The molecule has 0 saturated carbocycles. The van der Waals surface area contributed by atoms with Gasteiger partial charge in [0.2, 0.25) is 0 Å². The van der Waals surface area contributed by atoms with Gasteiger partial charge in [0.1, 0.15) is 0 Å². The van der Waals surface area contributed by atoms with Crippen LogP contribution in [0.1, 0.15) is 45.0 Å². The number of imidazole rings is 1. The zero-order chi connectivity index (χ0) is 12.1. The third-order valence-electron chi connectivity index (χ3n) is 2.32. The molecule has 1 aromatic heterocycles. The Labute approximate surface area is 95.6 Å². The Balaban J connectivity index is 2.69. The summed E-state index contributed by atoms with van der Waals surface area (Å²) in [6.45, 7) is 6.25. The van der Waals surface area contributed by atoms with E-state index in [4.69, 9.17) is 10.5 Å². The monoisotopic (exact) mass is 225 g/mol. The maximum absolute atomic E-state index is 11.3. The fraction of sp³-hybridized carbons (Fsp3) is 0.636. The summed E-state index contributed by atoms with van der Waals surface area (Å²) >= 11 is 0. The van der Waals surface area contributed by atoms with Crippen molar-refractivity contribution in [2.24, 2.45) is 5.73 Å². The zero-order valence-corrected chi connectivity index (χ0v) is 10.0. The molecule has 0 aliphatic heterocycles. The number of nitrogens with zero attached hydrogens (tertiary/aromatic N) is 2. The van der Waals surface area contributed by atoms with E-state index in [-0.39, 0.29) is 24.5 Å². The Bertz CT molecular complexity index is 347. The molecule has 0 aromatic carbocycles. The van der Waals surface area contributed by atoms with Crippen LogP contribution in [0.4, 0.5) is 0 Å². The molecule has 0 amide bonds. The minimum absolute atomic E-state index is 0.187. The Kier molecular flexibility index (Phi) is 4.49. The quantitative estimate of drug-likeness (QED) is 0.769. The molecule has 1 atom stereocenters. The van der Waals surface area contributed by atoms with Gasteiger partial charge < -0.3 is 15.0 Å². The second-order valence-electron chi connectivity index (χ2n) is 3.94. The second-order valence-corrected chi connectivity index (χ2v) is 3.94. The molecule has 1 heterocycles. The maximum atomic E-state index is 11.3. The summed E-state index contributed by atoms with van der Waals surface area (Å²) in [6.07, 6.45) is 3.61. The molecule has 90 valence electrons. The molecular weight excluding hydrogens is 206 g/mol. The maximum Gasteiger partial charge on any atom is 0.307 e. The lowest BCUT2D eigenvalue weighted by Crippen LogP contribution is -2.20. The molecule has 5 heteroatoms. The number of ether oxygens (including phenoxy) is 1. The first-order valence-electron chi connectivity index (χ1n) is 5.49. The number of aromatic nitrogens is 2. The number of hydrogen-bond acceptors (Lipinski definition) is 4. The lowest BCUT2D eigenvalue weighted by molar-refractivity contribution is -0.143. The predicted molar refractivity (Wildman–Crippen MR) is 60.8 cm³/mol. The molecular formula is C11H19N3O2. The van der Waals surface area contributed by atoms with Crippen molar-refractivity contribution in [2.45, 2.75) is 39.3 Å². The molecule has 2 N–H and O–H groups in total. The van der Waals surface area contributed by atoms with Crippen LogP contribution >= 0.6 is 0 Å². The van der Waals surface area contributed by atoms with Gasteiger partial charge in [-0.3, -0.25) is 4.79 Å². The second kappa shape index (κ2) is 5.65. The van der Waals surface area contributed by atoms with E-state index in [0.29, 0.717) is 6.61 Å². The smallest absolute Gasteiger partial charge is 0.307 e. The van der Waals surface area contributed by atoms with E-state index in [1.54, 1.807) is 19.4 Å². The first-order valence-corrected chi connectivity index (χ1v) is 5.49. The van der Waals surface area contributed by atoms with Gasteiger partial charge in [-0.25, -0.2) is 4.98 Å². The molecule has 16 heavy (non-hydrogen) atoms. The van der Waals surface area contributed by atoms with Crippen LogP contribution in [0.3, 0.4) is 0 Å². The molecule has 0 fully saturated rings. The molecule has 0 spiro atoms. The first-order chi connectivity index (χ1) is 7.56. The summed E-state index contributed by atoms with van der Waals surface area (Å²) in [6, 6.07) is -0.0744. The Morgan fingerprint density at radius 1 is 1.62 bits per heavy atom. The first kappa shape index (κ1) is 12.7. The normalized spacial score (nSPS) is 12.8. The van der Waals surface area contributed by atoms with E-state index >= 15 is 0 Å². The molecule has 1 unspecified atom stereocenters. The van der Waals surface area contributed by atoms with Crippen molar-refractivity contribution in [1.29, 1.82) is 0 Å². The van der Waals surface area contributed by atoms with E-state index in [1.807, 2.05) is 18.4 Å². The minimum atomic E-state index is -0.357. The van der Waals surface area contributed by atoms with Crippen LogP contribution in [0.25, 0.3) is 0 Å². The van der Waals surface area contributed by atoms with Crippen molar-refractivity contribution in [3.05, 3.63) is 18.2 Å². The fourth-order valence-electron chi connectivity index (χ4n) is 1.54. The summed E-state index contributed by atoms with van der Waals surface area (Å²) in [5, 5.41) is 0. The fourth-order valence-corrected chi connectivity index (χ4v) is 1.54. The summed E-state index contributed by atoms with van der Waals surface area (Å²) < 4.78 is 6.82. The summed E-state index contributed by atoms with van der Waals surface area (Å²) in [5.74, 6) is -0.272. The highest BCUT2D eigenvalue weighted by atomic mass is 16.5. The van der Waals surface area contributed by atoms with E-state index in [9.17, 15) is 4.79 Å². The van der Waals surface area contributed by atoms with Gasteiger partial charge in [-0.05, 0) is 20.8 Å². The SMILES string of the molecule is CCOC(=O)CC(N)c1cncn1C(C)C. The van der Waals surface area contributed by atoms with E-state index in [2.05, 4.69) is 4.98 Å².